The number of nitrogens with two attached hydrogens (primary N) is 1. The average Bonchev–Trinajstić information content (AvgIpc) is 2.42. The molecular weight excluding hydrogens is 250 g/mol. The minimum atomic E-state index is -0.710. The first-order valence-corrected chi connectivity index (χ1v) is 8.35. The Balaban J connectivity index is 1.83. The van der Waals surface area contributed by atoms with Gasteiger partial charge in [-0.2, -0.15) is 0 Å². The highest BCUT2D eigenvalue weighted by atomic mass is 16.5. The van der Waals surface area contributed by atoms with E-state index in [0.717, 1.165) is 57.3 Å². The van der Waals surface area contributed by atoms with E-state index in [1.807, 2.05) is 0 Å². The summed E-state index contributed by atoms with van der Waals surface area (Å²) in [6.07, 6.45) is 9.28. The molecule has 2 N–H and O–H groups in total. The van der Waals surface area contributed by atoms with Gasteiger partial charge < -0.3 is 10.5 Å². The number of hydrogen-bond donors (Lipinski definition) is 1. The van der Waals surface area contributed by atoms with Crippen molar-refractivity contribution in [2.75, 3.05) is 0 Å². The van der Waals surface area contributed by atoms with Crippen molar-refractivity contribution >= 4 is 5.97 Å². The molecule has 0 aliphatic heterocycles. The Hall–Kier alpha value is -0.570. The van der Waals surface area contributed by atoms with Gasteiger partial charge in [0.1, 0.15) is 11.6 Å². The third-order valence-electron chi connectivity index (χ3n) is 5.54. The van der Waals surface area contributed by atoms with Gasteiger partial charge >= 0.3 is 5.97 Å². The predicted molar refractivity (Wildman–Crippen MR) is 81.3 cm³/mol. The minimum absolute atomic E-state index is 0.0971. The van der Waals surface area contributed by atoms with Crippen molar-refractivity contribution in [1.29, 1.82) is 0 Å². The highest BCUT2D eigenvalue weighted by Gasteiger charge is 2.41. The molecule has 0 amide bonds. The van der Waals surface area contributed by atoms with E-state index >= 15 is 0 Å². The standard InChI is InChI=1S/C17H31NO2/c1-4-13-5-11-17(18,12-6-13)15(19)20-14-7-9-16(2,3)10-8-14/h13-14H,4-12,18H2,1-3H3. The fourth-order valence-corrected chi connectivity index (χ4v) is 3.56. The van der Waals surface area contributed by atoms with Crippen molar-refractivity contribution in [3.05, 3.63) is 0 Å². The first kappa shape index (κ1) is 15.8. The van der Waals surface area contributed by atoms with Crippen LogP contribution in [-0.2, 0) is 9.53 Å². The van der Waals surface area contributed by atoms with E-state index in [1.165, 1.54) is 6.42 Å². The Kier molecular flexibility index (Phi) is 4.78. The van der Waals surface area contributed by atoms with Crippen LogP contribution in [0.25, 0.3) is 0 Å². The largest absolute Gasteiger partial charge is 0.461 e. The van der Waals surface area contributed by atoms with Crippen molar-refractivity contribution < 1.29 is 9.53 Å². The molecule has 3 heteroatoms. The van der Waals surface area contributed by atoms with Crippen LogP contribution in [0.1, 0.15) is 78.6 Å². The highest BCUT2D eigenvalue weighted by Crippen LogP contribution is 2.38. The summed E-state index contributed by atoms with van der Waals surface area (Å²) in [5.41, 5.74) is 6.01. The molecule has 0 aromatic carbocycles. The molecule has 2 saturated carbocycles. The van der Waals surface area contributed by atoms with Crippen LogP contribution in [0.5, 0.6) is 0 Å². The van der Waals surface area contributed by atoms with Crippen molar-refractivity contribution in [3.8, 4) is 0 Å². The SMILES string of the molecule is CCC1CCC(N)(C(=O)OC2CCC(C)(C)CC2)CC1. The van der Waals surface area contributed by atoms with Gasteiger partial charge in [-0.15, -0.1) is 0 Å². The van der Waals surface area contributed by atoms with E-state index < -0.39 is 5.54 Å². The minimum Gasteiger partial charge on any atom is -0.461 e. The van der Waals surface area contributed by atoms with Crippen LogP contribution in [-0.4, -0.2) is 17.6 Å². The molecule has 2 aliphatic carbocycles. The van der Waals surface area contributed by atoms with Crippen LogP contribution in [0, 0.1) is 11.3 Å². The van der Waals surface area contributed by atoms with E-state index in [9.17, 15) is 4.79 Å². The lowest BCUT2D eigenvalue weighted by atomic mass is 9.75. The number of esters is 1. The molecule has 0 spiro atoms. The van der Waals surface area contributed by atoms with Crippen LogP contribution < -0.4 is 5.73 Å². The van der Waals surface area contributed by atoms with Crippen LogP contribution in [0.4, 0.5) is 0 Å². The summed E-state index contributed by atoms with van der Waals surface area (Å²) in [4.78, 5) is 12.4. The van der Waals surface area contributed by atoms with Crippen LogP contribution >= 0.6 is 0 Å². The van der Waals surface area contributed by atoms with Crippen LogP contribution in [0.15, 0.2) is 0 Å². The summed E-state index contributed by atoms with van der Waals surface area (Å²) in [6, 6.07) is 0. The third kappa shape index (κ3) is 3.75. The molecule has 0 bridgehead atoms. The van der Waals surface area contributed by atoms with E-state index in [0.29, 0.717) is 5.41 Å². The lowest BCUT2D eigenvalue weighted by molar-refractivity contribution is -0.160. The zero-order valence-corrected chi connectivity index (χ0v) is 13.4. The Morgan fingerprint density at radius 2 is 1.65 bits per heavy atom. The van der Waals surface area contributed by atoms with Crippen LogP contribution in [0.3, 0.4) is 0 Å². The molecule has 0 heterocycles. The van der Waals surface area contributed by atoms with E-state index in [-0.39, 0.29) is 12.1 Å². The summed E-state index contributed by atoms with van der Waals surface area (Å²) >= 11 is 0. The number of hydrogen-bond acceptors (Lipinski definition) is 3. The molecule has 116 valence electrons. The van der Waals surface area contributed by atoms with Gasteiger partial charge in [0, 0.05) is 0 Å². The maximum absolute atomic E-state index is 12.4. The van der Waals surface area contributed by atoms with Crippen molar-refractivity contribution in [1.82, 2.24) is 0 Å². The molecular formula is C17H31NO2. The topological polar surface area (TPSA) is 52.3 Å². The van der Waals surface area contributed by atoms with Crippen molar-refractivity contribution in [3.63, 3.8) is 0 Å². The van der Waals surface area contributed by atoms with E-state index in [2.05, 4.69) is 20.8 Å². The zero-order chi connectivity index (χ0) is 14.8. The van der Waals surface area contributed by atoms with E-state index in [4.69, 9.17) is 10.5 Å². The second-order valence-electron chi connectivity index (χ2n) is 7.78. The van der Waals surface area contributed by atoms with Gasteiger partial charge in [-0.1, -0.05) is 27.2 Å². The van der Waals surface area contributed by atoms with Gasteiger partial charge in [0.25, 0.3) is 0 Å². The Morgan fingerprint density at radius 3 is 2.15 bits per heavy atom. The van der Waals surface area contributed by atoms with Crippen molar-refractivity contribution in [2.45, 2.75) is 90.2 Å². The normalized spacial score (nSPS) is 34.7. The number of rotatable bonds is 3. The molecule has 0 radical (unpaired) electrons. The maximum Gasteiger partial charge on any atom is 0.326 e. The van der Waals surface area contributed by atoms with Gasteiger partial charge in [0.15, 0.2) is 0 Å². The third-order valence-corrected chi connectivity index (χ3v) is 5.54. The summed E-state index contributed by atoms with van der Waals surface area (Å²) < 4.78 is 5.73. The van der Waals surface area contributed by atoms with E-state index in [1.54, 1.807) is 0 Å². The molecule has 2 aliphatic rings. The second kappa shape index (κ2) is 6.05. The molecule has 0 aromatic rings. The van der Waals surface area contributed by atoms with Gasteiger partial charge in [-0.25, -0.2) is 0 Å². The van der Waals surface area contributed by atoms with Gasteiger partial charge in [-0.3, -0.25) is 4.79 Å². The fraction of sp³-hybridized carbons (Fsp3) is 0.941. The van der Waals surface area contributed by atoms with Crippen LogP contribution in [0.2, 0.25) is 0 Å². The Bertz CT molecular complexity index is 333. The molecule has 0 aromatic heterocycles. The molecule has 20 heavy (non-hydrogen) atoms. The monoisotopic (exact) mass is 281 g/mol. The molecule has 2 rings (SSSR count). The smallest absolute Gasteiger partial charge is 0.326 e. The summed E-state index contributed by atoms with van der Waals surface area (Å²) in [5.74, 6) is 0.603. The van der Waals surface area contributed by atoms with Gasteiger partial charge in [-0.05, 0) is 62.7 Å². The first-order chi connectivity index (χ1) is 9.35. The van der Waals surface area contributed by atoms with Gasteiger partial charge in [0.05, 0.1) is 0 Å². The lowest BCUT2D eigenvalue weighted by Gasteiger charge is -2.38. The summed E-state index contributed by atoms with van der Waals surface area (Å²) in [5, 5.41) is 0. The molecule has 0 saturated heterocycles. The first-order valence-electron chi connectivity index (χ1n) is 8.35. The highest BCUT2D eigenvalue weighted by molar-refractivity contribution is 5.80. The summed E-state index contributed by atoms with van der Waals surface area (Å²) in [6.45, 7) is 6.80. The lowest BCUT2D eigenvalue weighted by Crippen LogP contribution is -2.52. The molecule has 0 atom stereocenters. The van der Waals surface area contributed by atoms with Gasteiger partial charge in [0.2, 0.25) is 0 Å². The number of ether oxygens (including phenoxy) is 1. The predicted octanol–water partition coefficient (Wildman–Crippen LogP) is 3.80. The Morgan fingerprint density at radius 1 is 1.10 bits per heavy atom. The zero-order valence-electron chi connectivity index (χ0n) is 13.4. The average molecular weight is 281 g/mol. The molecule has 3 nitrogen and oxygen atoms in total. The Labute approximate surface area is 123 Å². The number of carbonyl (C=O) groups is 1. The number of carbonyl (C=O) groups excluding carboxylic acids is 1. The summed E-state index contributed by atoms with van der Waals surface area (Å²) in [7, 11) is 0. The maximum atomic E-state index is 12.4. The van der Waals surface area contributed by atoms with Crippen molar-refractivity contribution in [2.24, 2.45) is 17.1 Å². The molecule has 0 unspecified atom stereocenters. The molecule has 2 fully saturated rings. The fourth-order valence-electron chi connectivity index (χ4n) is 3.56. The second-order valence-corrected chi connectivity index (χ2v) is 7.78. The quantitative estimate of drug-likeness (QED) is 0.801.